The molecule has 0 radical (unpaired) electrons. The van der Waals surface area contributed by atoms with Crippen LogP contribution in [0.15, 0.2) is 0 Å². The van der Waals surface area contributed by atoms with Gasteiger partial charge in [-0.05, 0) is 25.7 Å². The van der Waals surface area contributed by atoms with E-state index in [-0.39, 0.29) is 11.8 Å². The van der Waals surface area contributed by atoms with Crippen LogP contribution in [0.25, 0.3) is 0 Å². The third-order valence-corrected chi connectivity index (χ3v) is 4.28. The van der Waals surface area contributed by atoms with Gasteiger partial charge in [0.15, 0.2) is 0 Å². The normalized spacial score (nSPS) is 29.0. The number of nitrogens with one attached hydrogen (secondary N) is 1. The molecule has 4 nitrogen and oxygen atoms in total. The van der Waals surface area contributed by atoms with Crippen LogP contribution in [0, 0.1) is 5.92 Å². The van der Waals surface area contributed by atoms with E-state index in [4.69, 9.17) is 5.73 Å². The van der Waals surface area contributed by atoms with Gasteiger partial charge in [-0.3, -0.25) is 0 Å². The summed E-state index contributed by atoms with van der Waals surface area (Å²) in [6.45, 7) is 2.15. The second-order valence-electron chi connectivity index (χ2n) is 3.96. The van der Waals surface area contributed by atoms with Crippen molar-refractivity contribution >= 4 is 10.0 Å². The van der Waals surface area contributed by atoms with Gasteiger partial charge < -0.3 is 5.73 Å². The summed E-state index contributed by atoms with van der Waals surface area (Å²) in [5.41, 5.74) is 5.91. The fourth-order valence-corrected chi connectivity index (χ4v) is 2.50. The molecule has 1 aliphatic carbocycles. The second-order valence-corrected chi connectivity index (χ2v) is 6.06. The van der Waals surface area contributed by atoms with Crippen LogP contribution in [0.1, 0.15) is 32.6 Å². The van der Waals surface area contributed by atoms with Crippen molar-refractivity contribution in [1.82, 2.24) is 4.72 Å². The van der Waals surface area contributed by atoms with E-state index in [0.29, 0.717) is 12.5 Å². The van der Waals surface area contributed by atoms with Gasteiger partial charge in [-0.25, -0.2) is 13.1 Å². The minimum atomic E-state index is -3.05. The van der Waals surface area contributed by atoms with Crippen LogP contribution >= 0.6 is 0 Å². The highest BCUT2D eigenvalue weighted by Gasteiger charge is 2.22. The van der Waals surface area contributed by atoms with Crippen LogP contribution in [0.2, 0.25) is 0 Å². The van der Waals surface area contributed by atoms with Crippen molar-refractivity contribution in [2.75, 3.05) is 12.3 Å². The first-order chi connectivity index (χ1) is 6.55. The summed E-state index contributed by atoms with van der Waals surface area (Å²) in [4.78, 5) is 0. The monoisotopic (exact) mass is 220 g/mol. The lowest BCUT2D eigenvalue weighted by molar-refractivity contribution is 0.308. The van der Waals surface area contributed by atoms with E-state index in [2.05, 4.69) is 4.72 Å². The highest BCUT2D eigenvalue weighted by molar-refractivity contribution is 7.89. The average molecular weight is 220 g/mol. The summed E-state index contributed by atoms with van der Waals surface area (Å²) >= 11 is 0. The van der Waals surface area contributed by atoms with Crippen molar-refractivity contribution in [1.29, 1.82) is 0 Å². The molecular formula is C9H20N2O2S. The van der Waals surface area contributed by atoms with E-state index in [1.807, 2.05) is 0 Å². The van der Waals surface area contributed by atoms with Crippen LogP contribution < -0.4 is 10.5 Å². The predicted octanol–water partition coefficient (Wildman–Crippen LogP) is 0.443. The van der Waals surface area contributed by atoms with Crippen molar-refractivity contribution in [3.63, 3.8) is 0 Å². The first-order valence-corrected chi connectivity index (χ1v) is 6.93. The van der Waals surface area contributed by atoms with E-state index < -0.39 is 10.0 Å². The Balaban J connectivity index is 2.36. The largest absolute Gasteiger partial charge is 0.327 e. The van der Waals surface area contributed by atoms with E-state index in [1.54, 1.807) is 6.92 Å². The van der Waals surface area contributed by atoms with Crippen LogP contribution in [-0.4, -0.2) is 26.8 Å². The Labute approximate surface area is 86.3 Å². The van der Waals surface area contributed by atoms with Crippen LogP contribution in [0.5, 0.6) is 0 Å². The molecule has 1 fully saturated rings. The van der Waals surface area contributed by atoms with Gasteiger partial charge in [0.1, 0.15) is 0 Å². The maximum Gasteiger partial charge on any atom is 0.211 e. The third-order valence-electron chi connectivity index (χ3n) is 2.91. The molecule has 2 atom stereocenters. The Hall–Kier alpha value is -0.130. The lowest BCUT2D eigenvalue weighted by Crippen LogP contribution is -2.41. The maximum absolute atomic E-state index is 11.2. The minimum Gasteiger partial charge on any atom is -0.327 e. The van der Waals surface area contributed by atoms with E-state index in [9.17, 15) is 8.42 Å². The van der Waals surface area contributed by atoms with Crippen molar-refractivity contribution in [2.45, 2.75) is 38.6 Å². The minimum absolute atomic E-state index is 0.148. The Morgan fingerprint density at radius 2 is 2.00 bits per heavy atom. The molecule has 0 spiro atoms. The van der Waals surface area contributed by atoms with Crippen LogP contribution in [0.3, 0.4) is 0 Å². The van der Waals surface area contributed by atoms with Crippen LogP contribution in [-0.2, 0) is 10.0 Å². The van der Waals surface area contributed by atoms with E-state index in [1.165, 1.54) is 12.8 Å². The molecule has 0 saturated heterocycles. The van der Waals surface area contributed by atoms with Gasteiger partial charge in [-0.15, -0.1) is 0 Å². The molecule has 1 rings (SSSR count). The molecule has 0 aliphatic heterocycles. The van der Waals surface area contributed by atoms with Gasteiger partial charge >= 0.3 is 0 Å². The zero-order valence-corrected chi connectivity index (χ0v) is 9.52. The molecule has 84 valence electrons. The molecule has 2 unspecified atom stereocenters. The Morgan fingerprint density at radius 3 is 2.57 bits per heavy atom. The number of hydrogen-bond acceptors (Lipinski definition) is 3. The van der Waals surface area contributed by atoms with Crippen LogP contribution in [0.4, 0.5) is 0 Å². The van der Waals surface area contributed by atoms with E-state index >= 15 is 0 Å². The van der Waals surface area contributed by atoms with Crippen molar-refractivity contribution < 1.29 is 8.42 Å². The molecule has 14 heavy (non-hydrogen) atoms. The highest BCUT2D eigenvalue weighted by atomic mass is 32.2. The highest BCUT2D eigenvalue weighted by Crippen LogP contribution is 2.22. The number of sulfonamides is 1. The van der Waals surface area contributed by atoms with Crippen molar-refractivity contribution in [3.05, 3.63) is 0 Å². The zero-order valence-electron chi connectivity index (χ0n) is 8.70. The molecule has 0 aromatic heterocycles. The first-order valence-electron chi connectivity index (χ1n) is 5.28. The summed E-state index contributed by atoms with van der Waals surface area (Å²) in [6.07, 6.45) is 4.43. The predicted molar refractivity (Wildman–Crippen MR) is 57.4 cm³/mol. The molecule has 5 heteroatoms. The Morgan fingerprint density at radius 1 is 1.36 bits per heavy atom. The summed E-state index contributed by atoms with van der Waals surface area (Å²) in [5, 5.41) is 0. The molecule has 0 amide bonds. The lowest BCUT2D eigenvalue weighted by atomic mass is 9.85. The summed E-state index contributed by atoms with van der Waals surface area (Å²) < 4.78 is 25.0. The van der Waals surface area contributed by atoms with Crippen molar-refractivity contribution in [3.8, 4) is 0 Å². The maximum atomic E-state index is 11.2. The SMILES string of the molecule is CCS(=O)(=O)NCC1CCCCC1N. The molecule has 1 aliphatic rings. The molecule has 1 saturated carbocycles. The molecular weight excluding hydrogens is 200 g/mol. The molecule has 0 aromatic carbocycles. The summed E-state index contributed by atoms with van der Waals surface area (Å²) in [7, 11) is -3.05. The standard InChI is InChI=1S/C9H20N2O2S/c1-2-14(12,13)11-7-8-5-3-4-6-9(8)10/h8-9,11H,2-7,10H2,1H3. The Kier molecular flexibility index (Phi) is 4.34. The summed E-state index contributed by atoms with van der Waals surface area (Å²) in [5.74, 6) is 0.472. The fraction of sp³-hybridized carbons (Fsp3) is 1.00. The van der Waals surface area contributed by atoms with Gasteiger partial charge in [0.05, 0.1) is 5.75 Å². The number of nitrogens with two attached hydrogens (primary N) is 1. The van der Waals surface area contributed by atoms with Gasteiger partial charge in [0.25, 0.3) is 0 Å². The van der Waals surface area contributed by atoms with Crippen molar-refractivity contribution in [2.24, 2.45) is 11.7 Å². The first kappa shape index (κ1) is 11.9. The smallest absolute Gasteiger partial charge is 0.211 e. The third kappa shape index (κ3) is 3.55. The van der Waals surface area contributed by atoms with Gasteiger partial charge in [-0.1, -0.05) is 12.8 Å². The Bertz CT molecular complexity index is 264. The second kappa shape index (κ2) is 5.09. The fourth-order valence-electron chi connectivity index (χ4n) is 1.83. The topological polar surface area (TPSA) is 72.2 Å². The average Bonchev–Trinajstić information content (AvgIpc) is 2.17. The molecule has 0 aromatic rings. The molecule has 0 bridgehead atoms. The molecule has 0 heterocycles. The van der Waals surface area contributed by atoms with Gasteiger partial charge in [0.2, 0.25) is 10.0 Å². The van der Waals surface area contributed by atoms with E-state index in [0.717, 1.165) is 12.8 Å². The summed E-state index contributed by atoms with van der Waals surface area (Å²) in [6, 6.07) is 0.170. The zero-order chi connectivity index (χ0) is 10.6. The van der Waals surface area contributed by atoms with Gasteiger partial charge in [0, 0.05) is 12.6 Å². The van der Waals surface area contributed by atoms with Gasteiger partial charge in [-0.2, -0.15) is 0 Å². The number of rotatable bonds is 4. The quantitative estimate of drug-likeness (QED) is 0.722. The lowest BCUT2D eigenvalue weighted by Gasteiger charge is -2.28. The molecule has 3 N–H and O–H groups in total. The number of hydrogen-bond donors (Lipinski definition) is 2.